The fourth-order valence-corrected chi connectivity index (χ4v) is 4.26. The predicted octanol–water partition coefficient (Wildman–Crippen LogP) is 1.50. The Kier molecular flexibility index (Phi) is 8.30. The molecule has 3 N–H and O–H groups in total. The zero-order valence-corrected chi connectivity index (χ0v) is 18.0. The van der Waals surface area contributed by atoms with Crippen LogP contribution in [-0.4, -0.2) is 80.6 Å². The molecule has 0 bridgehead atoms. The highest BCUT2D eigenvalue weighted by molar-refractivity contribution is 5.80. The molecule has 2 aliphatic rings. The number of anilines is 1. The molecule has 1 aromatic carbocycles. The Hall–Kier alpha value is -2.35. The van der Waals surface area contributed by atoms with Crippen LogP contribution in [0.2, 0.25) is 0 Å². The second-order valence-electron chi connectivity index (χ2n) is 8.06. The Bertz CT molecular complexity index is 719. The van der Waals surface area contributed by atoms with Gasteiger partial charge < -0.3 is 25.8 Å². The van der Waals surface area contributed by atoms with Gasteiger partial charge in [0.1, 0.15) is 5.82 Å². The number of nitrogens with two attached hydrogens (primary N) is 1. The van der Waals surface area contributed by atoms with Crippen molar-refractivity contribution in [3.63, 3.8) is 0 Å². The average molecular weight is 419 g/mol. The van der Waals surface area contributed by atoms with Crippen LogP contribution in [0.5, 0.6) is 0 Å². The SMILES string of the molecule is CCNC(=NCCCN1CCCC(C(N)=O)C1)N1CCN(c2ccccc2F)CC1. The molecule has 2 saturated heterocycles. The second kappa shape index (κ2) is 11.2. The maximum Gasteiger partial charge on any atom is 0.221 e. The maximum atomic E-state index is 14.1. The topological polar surface area (TPSA) is 77.2 Å². The van der Waals surface area contributed by atoms with E-state index in [0.717, 1.165) is 84.1 Å². The van der Waals surface area contributed by atoms with Crippen molar-refractivity contribution in [2.75, 3.05) is 63.8 Å². The van der Waals surface area contributed by atoms with Crippen LogP contribution in [0.25, 0.3) is 0 Å². The van der Waals surface area contributed by atoms with Gasteiger partial charge in [-0.2, -0.15) is 0 Å². The Morgan fingerprint density at radius 3 is 2.70 bits per heavy atom. The molecule has 30 heavy (non-hydrogen) atoms. The largest absolute Gasteiger partial charge is 0.369 e. The van der Waals surface area contributed by atoms with Crippen molar-refractivity contribution >= 4 is 17.6 Å². The number of guanidine groups is 1. The zero-order valence-electron chi connectivity index (χ0n) is 18.0. The van der Waals surface area contributed by atoms with Crippen LogP contribution < -0.4 is 16.0 Å². The van der Waals surface area contributed by atoms with Gasteiger partial charge in [0.05, 0.1) is 11.6 Å². The number of primary amides is 1. The van der Waals surface area contributed by atoms with Crippen LogP contribution in [0.4, 0.5) is 10.1 Å². The third-order valence-corrected chi connectivity index (χ3v) is 5.91. The summed E-state index contributed by atoms with van der Waals surface area (Å²) in [6.07, 6.45) is 2.90. The minimum Gasteiger partial charge on any atom is -0.369 e. The molecule has 2 fully saturated rings. The third-order valence-electron chi connectivity index (χ3n) is 5.91. The van der Waals surface area contributed by atoms with Crippen molar-refractivity contribution < 1.29 is 9.18 Å². The Labute approximate surface area is 179 Å². The van der Waals surface area contributed by atoms with E-state index in [2.05, 4.69) is 26.9 Å². The van der Waals surface area contributed by atoms with Gasteiger partial charge in [-0.25, -0.2) is 4.39 Å². The molecular formula is C22H35FN6O. The molecule has 1 amide bonds. The first kappa shape index (κ1) is 22.3. The number of carbonyl (C=O) groups excluding carboxylic acids is 1. The van der Waals surface area contributed by atoms with Crippen LogP contribution >= 0.6 is 0 Å². The molecule has 7 nitrogen and oxygen atoms in total. The van der Waals surface area contributed by atoms with Gasteiger partial charge in [-0.3, -0.25) is 9.79 Å². The normalized spacial score (nSPS) is 21.0. The molecule has 166 valence electrons. The summed E-state index contributed by atoms with van der Waals surface area (Å²) in [5.41, 5.74) is 6.15. The fourth-order valence-electron chi connectivity index (χ4n) is 4.26. The van der Waals surface area contributed by atoms with Gasteiger partial charge in [0.15, 0.2) is 5.96 Å². The third kappa shape index (κ3) is 6.08. The summed E-state index contributed by atoms with van der Waals surface area (Å²) in [7, 11) is 0. The summed E-state index contributed by atoms with van der Waals surface area (Å²) in [6, 6.07) is 6.96. The minimum atomic E-state index is -0.179. The second-order valence-corrected chi connectivity index (χ2v) is 8.06. The number of hydrogen-bond acceptors (Lipinski definition) is 4. The maximum absolute atomic E-state index is 14.1. The van der Waals surface area contributed by atoms with Crippen LogP contribution in [0.15, 0.2) is 29.3 Å². The monoisotopic (exact) mass is 418 g/mol. The molecule has 3 rings (SSSR count). The van der Waals surface area contributed by atoms with Crippen molar-refractivity contribution in [1.29, 1.82) is 0 Å². The first-order valence-electron chi connectivity index (χ1n) is 11.1. The predicted molar refractivity (Wildman–Crippen MR) is 119 cm³/mol. The van der Waals surface area contributed by atoms with E-state index in [1.165, 1.54) is 6.07 Å². The summed E-state index contributed by atoms with van der Waals surface area (Å²) < 4.78 is 14.1. The van der Waals surface area contributed by atoms with Gasteiger partial charge in [0, 0.05) is 45.8 Å². The van der Waals surface area contributed by atoms with Crippen LogP contribution in [0.3, 0.4) is 0 Å². The summed E-state index contributed by atoms with van der Waals surface area (Å²) in [4.78, 5) is 22.9. The molecule has 0 aliphatic carbocycles. The van der Waals surface area contributed by atoms with E-state index >= 15 is 0 Å². The molecule has 0 spiro atoms. The van der Waals surface area contributed by atoms with E-state index in [-0.39, 0.29) is 17.6 Å². The summed E-state index contributed by atoms with van der Waals surface area (Å²) in [5.74, 6) is 0.578. The van der Waals surface area contributed by atoms with Crippen LogP contribution in [0.1, 0.15) is 26.2 Å². The molecule has 2 heterocycles. The molecule has 1 unspecified atom stereocenters. The number of benzene rings is 1. The van der Waals surface area contributed by atoms with E-state index in [1.807, 2.05) is 12.1 Å². The van der Waals surface area contributed by atoms with Gasteiger partial charge >= 0.3 is 0 Å². The minimum absolute atomic E-state index is 0.00897. The quantitative estimate of drug-likeness (QED) is 0.399. The number of para-hydroxylation sites is 1. The Morgan fingerprint density at radius 2 is 2.00 bits per heavy atom. The smallest absolute Gasteiger partial charge is 0.221 e. The molecule has 0 saturated carbocycles. The van der Waals surface area contributed by atoms with Crippen LogP contribution in [-0.2, 0) is 4.79 Å². The molecule has 2 aliphatic heterocycles. The number of rotatable bonds is 7. The highest BCUT2D eigenvalue weighted by Gasteiger charge is 2.24. The van der Waals surface area contributed by atoms with Crippen molar-refractivity contribution in [3.05, 3.63) is 30.1 Å². The number of carbonyl (C=O) groups is 1. The molecule has 1 atom stereocenters. The van der Waals surface area contributed by atoms with Gasteiger partial charge in [-0.1, -0.05) is 12.1 Å². The number of hydrogen-bond donors (Lipinski definition) is 2. The Morgan fingerprint density at radius 1 is 1.23 bits per heavy atom. The number of likely N-dealkylation sites (tertiary alicyclic amines) is 1. The van der Waals surface area contributed by atoms with Crippen molar-refractivity contribution in [1.82, 2.24) is 15.1 Å². The molecule has 8 heteroatoms. The first-order valence-corrected chi connectivity index (χ1v) is 11.1. The summed E-state index contributed by atoms with van der Waals surface area (Å²) >= 11 is 0. The Balaban J connectivity index is 1.47. The zero-order chi connectivity index (χ0) is 21.3. The van der Waals surface area contributed by atoms with Gasteiger partial charge in [-0.15, -0.1) is 0 Å². The molecular weight excluding hydrogens is 383 g/mol. The number of amides is 1. The first-order chi connectivity index (χ1) is 14.6. The van der Waals surface area contributed by atoms with Crippen LogP contribution in [0, 0.1) is 11.7 Å². The van der Waals surface area contributed by atoms with E-state index in [9.17, 15) is 9.18 Å². The van der Waals surface area contributed by atoms with Gasteiger partial charge in [0.25, 0.3) is 0 Å². The van der Waals surface area contributed by atoms with Gasteiger partial charge in [0.2, 0.25) is 5.91 Å². The lowest BCUT2D eigenvalue weighted by atomic mass is 9.97. The number of piperazine rings is 1. The van der Waals surface area contributed by atoms with Crippen molar-refractivity contribution in [2.24, 2.45) is 16.6 Å². The number of nitrogens with one attached hydrogen (secondary N) is 1. The molecule has 0 radical (unpaired) electrons. The summed E-state index contributed by atoms with van der Waals surface area (Å²) in [5, 5.41) is 3.39. The fraction of sp³-hybridized carbons (Fsp3) is 0.636. The molecule has 0 aromatic heterocycles. The van der Waals surface area contributed by atoms with E-state index in [1.54, 1.807) is 6.07 Å². The number of piperidine rings is 1. The lowest BCUT2D eigenvalue weighted by Crippen LogP contribution is -2.52. The van der Waals surface area contributed by atoms with E-state index in [4.69, 9.17) is 10.7 Å². The highest BCUT2D eigenvalue weighted by Crippen LogP contribution is 2.20. The number of halogens is 1. The van der Waals surface area contributed by atoms with E-state index in [0.29, 0.717) is 5.69 Å². The average Bonchev–Trinajstić information content (AvgIpc) is 2.76. The number of aliphatic imine (C=N–C) groups is 1. The summed E-state index contributed by atoms with van der Waals surface area (Å²) in [6.45, 7) is 9.55. The lowest BCUT2D eigenvalue weighted by Gasteiger charge is -2.37. The number of nitrogens with zero attached hydrogens (tertiary/aromatic N) is 4. The van der Waals surface area contributed by atoms with Crippen molar-refractivity contribution in [2.45, 2.75) is 26.2 Å². The van der Waals surface area contributed by atoms with Crippen molar-refractivity contribution in [3.8, 4) is 0 Å². The standard InChI is InChI=1S/C22H35FN6O/c1-2-25-22(26-10-6-12-27-11-5-7-18(17-27)21(24)30)29-15-13-28(14-16-29)20-9-4-3-8-19(20)23/h3-4,8-9,18H,2,5-7,10-17H2,1H3,(H2,24,30)(H,25,26). The van der Waals surface area contributed by atoms with Gasteiger partial charge in [-0.05, 0) is 51.4 Å². The van der Waals surface area contributed by atoms with E-state index < -0.39 is 0 Å². The molecule has 1 aromatic rings. The highest BCUT2D eigenvalue weighted by atomic mass is 19.1. The lowest BCUT2D eigenvalue weighted by molar-refractivity contribution is -0.123.